The van der Waals surface area contributed by atoms with Crippen LogP contribution in [0.1, 0.15) is 6.42 Å². The lowest BCUT2D eigenvalue weighted by atomic mass is 10.2. The maximum atomic E-state index is 2.59. The van der Waals surface area contributed by atoms with E-state index in [0.717, 1.165) is 0 Å². The van der Waals surface area contributed by atoms with Crippen LogP contribution in [0.4, 0.5) is 0 Å². The zero-order chi connectivity index (χ0) is 9.26. The Kier molecular flexibility index (Phi) is 3.26. The molecule has 0 aromatic rings. The molecule has 2 aliphatic heterocycles. The SMILES string of the molecule is CN1CC2=C(C1)CN(CCCI)C2. The Bertz CT molecular complexity index is 207. The lowest BCUT2D eigenvalue weighted by Gasteiger charge is -2.19. The third-order valence-corrected chi connectivity index (χ3v) is 3.62. The van der Waals surface area contributed by atoms with Gasteiger partial charge in [0.15, 0.2) is 0 Å². The van der Waals surface area contributed by atoms with Crippen molar-refractivity contribution >= 4 is 22.6 Å². The molecule has 2 nitrogen and oxygen atoms in total. The van der Waals surface area contributed by atoms with E-state index in [1.165, 1.54) is 43.6 Å². The highest BCUT2D eigenvalue weighted by atomic mass is 127. The van der Waals surface area contributed by atoms with Gasteiger partial charge in [-0.15, -0.1) is 0 Å². The molecule has 2 aliphatic rings. The van der Waals surface area contributed by atoms with Gasteiger partial charge in [-0.2, -0.15) is 0 Å². The Balaban J connectivity index is 1.80. The first-order valence-electron chi connectivity index (χ1n) is 4.96. The molecule has 2 heterocycles. The van der Waals surface area contributed by atoms with Crippen LogP contribution in [-0.4, -0.2) is 54.0 Å². The molecule has 0 unspecified atom stereocenters. The number of hydrogen-bond acceptors (Lipinski definition) is 2. The topological polar surface area (TPSA) is 6.48 Å². The first-order valence-corrected chi connectivity index (χ1v) is 6.49. The molecule has 0 bridgehead atoms. The minimum Gasteiger partial charge on any atom is -0.298 e. The van der Waals surface area contributed by atoms with Crippen molar-refractivity contribution in [2.45, 2.75) is 6.42 Å². The molecule has 0 N–H and O–H groups in total. The smallest absolute Gasteiger partial charge is 0.0212 e. The quantitative estimate of drug-likeness (QED) is 0.440. The summed E-state index contributed by atoms with van der Waals surface area (Å²) in [4.78, 5) is 5.01. The third-order valence-electron chi connectivity index (χ3n) is 2.86. The van der Waals surface area contributed by atoms with E-state index >= 15 is 0 Å². The molecular formula is C10H17IN2. The largest absolute Gasteiger partial charge is 0.298 e. The standard InChI is InChI=1S/C10H17IN2/c1-12-5-9-7-13(4-2-3-11)8-10(9)6-12/h2-8H2,1H3. The van der Waals surface area contributed by atoms with Crippen molar-refractivity contribution in [1.29, 1.82) is 0 Å². The van der Waals surface area contributed by atoms with E-state index in [4.69, 9.17) is 0 Å². The van der Waals surface area contributed by atoms with Crippen LogP contribution >= 0.6 is 22.6 Å². The van der Waals surface area contributed by atoms with Crippen molar-refractivity contribution < 1.29 is 0 Å². The molecule has 0 saturated carbocycles. The van der Waals surface area contributed by atoms with Gasteiger partial charge in [-0.3, -0.25) is 9.80 Å². The second-order valence-electron chi connectivity index (χ2n) is 4.13. The van der Waals surface area contributed by atoms with E-state index in [-0.39, 0.29) is 0 Å². The molecule has 0 aromatic carbocycles. The van der Waals surface area contributed by atoms with Crippen LogP contribution in [-0.2, 0) is 0 Å². The Labute approximate surface area is 94.1 Å². The fourth-order valence-electron chi connectivity index (χ4n) is 2.29. The van der Waals surface area contributed by atoms with Crippen LogP contribution in [0, 0.1) is 0 Å². The van der Waals surface area contributed by atoms with Crippen LogP contribution in [0.2, 0.25) is 0 Å². The van der Waals surface area contributed by atoms with Gasteiger partial charge >= 0.3 is 0 Å². The minimum absolute atomic E-state index is 1.22. The molecule has 0 fully saturated rings. The average Bonchev–Trinajstić information content (AvgIpc) is 2.57. The number of hydrogen-bond donors (Lipinski definition) is 0. The van der Waals surface area contributed by atoms with Crippen LogP contribution in [0.15, 0.2) is 11.1 Å². The van der Waals surface area contributed by atoms with Crippen LogP contribution in [0.25, 0.3) is 0 Å². The molecule has 0 aromatic heterocycles. The van der Waals surface area contributed by atoms with Gasteiger partial charge in [0.2, 0.25) is 0 Å². The fourth-order valence-corrected chi connectivity index (χ4v) is 2.63. The number of nitrogens with zero attached hydrogens (tertiary/aromatic N) is 2. The van der Waals surface area contributed by atoms with Crippen molar-refractivity contribution in [3.63, 3.8) is 0 Å². The summed E-state index contributed by atoms with van der Waals surface area (Å²) in [6.07, 6.45) is 1.34. The molecule has 0 spiro atoms. The summed E-state index contributed by atoms with van der Waals surface area (Å²) in [5.41, 5.74) is 3.41. The lowest BCUT2D eigenvalue weighted by Crippen LogP contribution is -2.28. The van der Waals surface area contributed by atoms with E-state index in [9.17, 15) is 0 Å². The van der Waals surface area contributed by atoms with Gasteiger partial charge in [0.25, 0.3) is 0 Å². The summed E-state index contributed by atoms with van der Waals surface area (Å²) in [6, 6.07) is 0. The van der Waals surface area contributed by atoms with Crippen LogP contribution in [0.3, 0.4) is 0 Å². The maximum Gasteiger partial charge on any atom is 0.0212 e. The number of alkyl halides is 1. The van der Waals surface area contributed by atoms with Gasteiger partial charge in [-0.25, -0.2) is 0 Å². The summed E-state index contributed by atoms with van der Waals surface area (Å²) in [5.74, 6) is 0. The summed E-state index contributed by atoms with van der Waals surface area (Å²) >= 11 is 2.46. The number of rotatable bonds is 3. The van der Waals surface area contributed by atoms with E-state index in [1.807, 2.05) is 0 Å². The van der Waals surface area contributed by atoms with Crippen molar-refractivity contribution in [2.75, 3.05) is 44.2 Å². The second-order valence-corrected chi connectivity index (χ2v) is 5.21. The molecule has 2 rings (SSSR count). The van der Waals surface area contributed by atoms with Gasteiger partial charge in [0, 0.05) is 30.6 Å². The Morgan fingerprint density at radius 1 is 1.15 bits per heavy atom. The molecule has 0 saturated heterocycles. The molecule has 0 atom stereocenters. The zero-order valence-electron chi connectivity index (χ0n) is 8.22. The monoisotopic (exact) mass is 292 g/mol. The van der Waals surface area contributed by atoms with E-state index in [1.54, 1.807) is 11.1 Å². The van der Waals surface area contributed by atoms with Gasteiger partial charge < -0.3 is 0 Å². The van der Waals surface area contributed by atoms with Crippen molar-refractivity contribution in [1.82, 2.24) is 9.80 Å². The molecular weight excluding hydrogens is 275 g/mol. The van der Waals surface area contributed by atoms with Crippen LogP contribution in [0.5, 0.6) is 0 Å². The predicted octanol–water partition coefficient (Wildman–Crippen LogP) is 1.37. The molecule has 0 aliphatic carbocycles. The fraction of sp³-hybridized carbons (Fsp3) is 0.800. The third kappa shape index (κ3) is 2.25. The normalized spacial score (nSPS) is 24.5. The number of likely N-dealkylation sites (N-methyl/N-ethyl adjacent to an activating group) is 1. The van der Waals surface area contributed by atoms with Gasteiger partial charge in [-0.1, -0.05) is 22.6 Å². The summed E-state index contributed by atoms with van der Waals surface area (Å²) in [5, 5.41) is 0. The minimum atomic E-state index is 1.22. The van der Waals surface area contributed by atoms with Gasteiger partial charge in [0.05, 0.1) is 0 Å². The highest BCUT2D eigenvalue weighted by molar-refractivity contribution is 14.1. The van der Waals surface area contributed by atoms with Gasteiger partial charge in [-0.05, 0) is 31.2 Å². The molecule has 0 amide bonds. The Morgan fingerprint density at radius 3 is 2.31 bits per heavy atom. The highest BCUT2D eigenvalue weighted by Gasteiger charge is 2.27. The van der Waals surface area contributed by atoms with E-state index < -0.39 is 0 Å². The van der Waals surface area contributed by atoms with Crippen molar-refractivity contribution in [3.05, 3.63) is 11.1 Å². The lowest BCUT2D eigenvalue weighted by molar-refractivity contribution is 0.314. The molecule has 3 heteroatoms. The summed E-state index contributed by atoms with van der Waals surface area (Å²) in [7, 11) is 2.22. The number of halogens is 1. The molecule has 0 radical (unpaired) electrons. The summed E-state index contributed by atoms with van der Waals surface area (Å²) < 4.78 is 1.29. The first-order chi connectivity index (χ1) is 6.29. The second kappa shape index (κ2) is 4.28. The molecule has 13 heavy (non-hydrogen) atoms. The predicted molar refractivity (Wildman–Crippen MR) is 64.5 cm³/mol. The van der Waals surface area contributed by atoms with Crippen molar-refractivity contribution in [2.24, 2.45) is 0 Å². The zero-order valence-corrected chi connectivity index (χ0v) is 10.4. The van der Waals surface area contributed by atoms with E-state index in [0.29, 0.717) is 0 Å². The van der Waals surface area contributed by atoms with Crippen LogP contribution < -0.4 is 0 Å². The highest BCUT2D eigenvalue weighted by Crippen LogP contribution is 2.24. The van der Waals surface area contributed by atoms with Crippen molar-refractivity contribution in [3.8, 4) is 0 Å². The Hall–Kier alpha value is 0.390. The first kappa shape index (κ1) is 9.93. The Morgan fingerprint density at radius 2 is 1.77 bits per heavy atom. The average molecular weight is 292 g/mol. The maximum absolute atomic E-state index is 2.59. The van der Waals surface area contributed by atoms with Gasteiger partial charge in [0.1, 0.15) is 0 Å². The molecule has 74 valence electrons. The summed E-state index contributed by atoms with van der Waals surface area (Å²) in [6.45, 7) is 6.22. The van der Waals surface area contributed by atoms with E-state index in [2.05, 4.69) is 39.4 Å².